The third-order valence-corrected chi connectivity index (χ3v) is 9.33. The second-order valence-electron chi connectivity index (χ2n) is 10.1. The summed E-state index contributed by atoms with van der Waals surface area (Å²) in [5, 5.41) is 29.8. The van der Waals surface area contributed by atoms with Gasteiger partial charge in [0.2, 0.25) is 0 Å². The van der Waals surface area contributed by atoms with Crippen molar-refractivity contribution >= 4 is 0 Å². The molecule has 0 aromatic carbocycles. The normalized spacial score (nSPS) is 49.8. The van der Waals surface area contributed by atoms with E-state index in [-0.39, 0.29) is 43.1 Å². The number of aliphatic hydroxyl groups excluding tert-OH is 1. The van der Waals surface area contributed by atoms with E-state index in [0.717, 1.165) is 32.1 Å². The van der Waals surface area contributed by atoms with Crippen LogP contribution in [-0.4, -0.2) is 28.6 Å². The topological polar surface area (TPSA) is 64.2 Å². The van der Waals surface area contributed by atoms with E-state index in [4.69, 9.17) is 5.26 Å². The van der Waals surface area contributed by atoms with Crippen LogP contribution in [-0.2, 0) is 0 Å². The first-order valence-corrected chi connectivity index (χ1v) is 10.6. The minimum absolute atomic E-state index is 0.0156. The molecule has 3 nitrogen and oxygen atoms in total. The van der Waals surface area contributed by atoms with E-state index in [1.807, 2.05) is 0 Å². The highest BCUT2D eigenvalue weighted by Crippen LogP contribution is 2.68. The molecule has 0 radical (unpaired) electrons. The minimum atomic E-state index is -4.61. The maximum Gasteiger partial charge on any atom is 0.417 e. The van der Waals surface area contributed by atoms with Gasteiger partial charge in [-0.3, -0.25) is 0 Å². The van der Waals surface area contributed by atoms with Crippen LogP contribution in [0.2, 0.25) is 0 Å². The van der Waals surface area contributed by atoms with Crippen LogP contribution in [0.3, 0.4) is 0 Å². The molecule has 4 aliphatic carbocycles. The molecule has 7 atom stereocenters. The molecule has 0 amide bonds. The second kappa shape index (κ2) is 6.47. The highest BCUT2D eigenvalue weighted by atomic mass is 19.4. The number of nitriles is 1. The summed E-state index contributed by atoms with van der Waals surface area (Å²) in [6, 6.07) is 2.19. The quantitative estimate of drug-likeness (QED) is 0.628. The standard InChI is InChI=1S/C22H30F3NO2/c1-19-8-6-18-16(17(19)5-3-14(19)7-11-26)4-2-15-12-21(28,22(23,24)25)10-9-20(15,18)13-27/h7,15-18,27-28H,2-6,8-10,12-13H2,1H3/b14-7-/t15-,16-,17-,18-,19+,20?,21+/m0/s1. The second-order valence-corrected chi connectivity index (χ2v) is 10.1. The van der Waals surface area contributed by atoms with Crippen LogP contribution in [0, 0.1) is 45.8 Å². The fourth-order valence-corrected chi connectivity index (χ4v) is 7.78. The number of aliphatic hydroxyl groups is 2. The number of hydrogen-bond acceptors (Lipinski definition) is 3. The van der Waals surface area contributed by atoms with Crippen molar-refractivity contribution in [2.75, 3.05) is 6.61 Å². The first kappa shape index (κ1) is 20.2. The van der Waals surface area contributed by atoms with Crippen molar-refractivity contribution in [3.8, 4) is 6.07 Å². The number of fused-ring (bicyclic) bond motifs is 5. The summed E-state index contributed by atoms with van der Waals surface area (Å²) in [5.74, 6) is 0.773. The third-order valence-electron chi connectivity index (χ3n) is 9.33. The fourth-order valence-electron chi connectivity index (χ4n) is 7.78. The van der Waals surface area contributed by atoms with Crippen molar-refractivity contribution in [2.24, 2.45) is 34.5 Å². The van der Waals surface area contributed by atoms with Gasteiger partial charge in [-0.05, 0) is 92.3 Å². The van der Waals surface area contributed by atoms with Gasteiger partial charge < -0.3 is 10.2 Å². The van der Waals surface area contributed by atoms with E-state index < -0.39 is 17.2 Å². The predicted octanol–water partition coefficient (Wildman–Crippen LogP) is 4.74. The van der Waals surface area contributed by atoms with Crippen molar-refractivity contribution in [3.05, 3.63) is 11.6 Å². The molecule has 156 valence electrons. The van der Waals surface area contributed by atoms with Crippen molar-refractivity contribution in [1.82, 2.24) is 0 Å². The van der Waals surface area contributed by atoms with Gasteiger partial charge in [-0.2, -0.15) is 18.4 Å². The maximum atomic E-state index is 13.4. The van der Waals surface area contributed by atoms with Crippen molar-refractivity contribution in [3.63, 3.8) is 0 Å². The highest BCUT2D eigenvalue weighted by molar-refractivity contribution is 5.28. The number of rotatable bonds is 1. The molecule has 0 spiro atoms. The van der Waals surface area contributed by atoms with E-state index in [1.54, 1.807) is 6.08 Å². The van der Waals surface area contributed by atoms with E-state index in [0.29, 0.717) is 18.3 Å². The highest BCUT2D eigenvalue weighted by Gasteiger charge is 2.65. The summed E-state index contributed by atoms with van der Waals surface area (Å²) in [7, 11) is 0. The zero-order valence-corrected chi connectivity index (χ0v) is 16.4. The molecule has 0 aliphatic heterocycles. The molecule has 4 aliphatic rings. The molecule has 6 heteroatoms. The molecule has 2 N–H and O–H groups in total. The van der Waals surface area contributed by atoms with Crippen LogP contribution in [0.4, 0.5) is 13.2 Å². The van der Waals surface area contributed by atoms with Gasteiger partial charge in [0.1, 0.15) is 0 Å². The Morgan fingerprint density at radius 1 is 1.14 bits per heavy atom. The Hall–Kier alpha value is -1.06. The molecule has 4 rings (SSSR count). The Bertz CT molecular complexity index is 714. The summed E-state index contributed by atoms with van der Waals surface area (Å²) in [6.45, 7) is 2.17. The van der Waals surface area contributed by atoms with Crippen LogP contribution < -0.4 is 0 Å². The van der Waals surface area contributed by atoms with E-state index in [2.05, 4.69) is 13.0 Å². The molecule has 4 saturated carbocycles. The van der Waals surface area contributed by atoms with Gasteiger partial charge in [-0.15, -0.1) is 0 Å². The monoisotopic (exact) mass is 397 g/mol. The van der Waals surface area contributed by atoms with Gasteiger partial charge >= 0.3 is 6.18 Å². The van der Waals surface area contributed by atoms with Gasteiger partial charge in [0, 0.05) is 12.7 Å². The first-order chi connectivity index (χ1) is 13.1. The van der Waals surface area contributed by atoms with Crippen molar-refractivity contribution in [1.29, 1.82) is 5.26 Å². The SMILES string of the molecule is C[C@]12CC[C@H]3[C@@H](CC[C@H]4C[C@@](O)(C(F)(F)F)CCC43CO)[C@@H]1CC/C2=C/C#N. The lowest BCUT2D eigenvalue weighted by Crippen LogP contribution is -2.60. The molecule has 28 heavy (non-hydrogen) atoms. The maximum absolute atomic E-state index is 13.4. The largest absolute Gasteiger partial charge is 0.417 e. The van der Waals surface area contributed by atoms with Gasteiger partial charge in [0.05, 0.1) is 6.07 Å². The first-order valence-electron chi connectivity index (χ1n) is 10.6. The van der Waals surface area contributed by atoms with E-state index in [1.165, 1.54) is 5.57 Å². The van der Waals surface area contributed by atoms with E-state index in [9.17, 15) is 23.4 Å². The lowest BCUT2D eigenvalue weighted by molar-refractivity contribution is -0.293. The summed E-state index contributed by atoms with van der Waals surface area (Å²) in [4.78, 5) is 0. The Morgan fingerprint density at radius 3 is 2.54 bits per heavy atom. The van der Waals surface area contributed by atoms with Crippen LogP contribution in [0.15, 0.2) is 11.6 Å². The molecule has 0 heterocycles. The Kier molecular flexibility index (Phi) is 4.67. The lowest BCUT2D eigenvalue weighted by Gasteiger charge is -2.62. The molecular weight excluding hydrogens is 367 g/mol. The molecule has 0 saturated heterocycles. The van der Waals surface area contributed by atoms with Gasteiger partial charge in [0.25, 0.3) is 0 Å². The third kappa shape index (κ3) is 2.61. The van der Waals surface area contributed by atoms with E-state index >= 15 is 0 Å². The predicted molar refractivity (Wildman–Crippen MR) is 97.8 cm³/mol. The average Bonchev–Trinajstić information content (AvgIpc) is 2.97. The number of allylic oxidation sites excluding steroid dienone is 2. The average molecular weight is 397 g/mol. The molecule has 0 bridgehead atoms. The number of alkyl halides is 3. The van der Waals surface area contributed by atoms with Crippen LogP contribution >= 0.6 is 0 Å². The van der Waals surface area contributed by atoms with Gasteiger partial charge in [-0.25, -0.2) is 0 Å². The number of halogens is 3. The van der Waals surface area contributed by atoms with Crippen LogP contribution in [0.1, 0.15) is 64.7 Å². The van der Waals surface area contributed by atoms with Gasteiger partial charge in [0.15, 0.2) is 5.60 Å². The molecule has 0 aromatic heterocycles. The summed E-state index contributed by atoms with van der Waals surface area (Å²) < 4.78 is 40.3. The Morgan fingerprint density at radius 2 is 1.89 bits per heavy atom. The van der Waals surface area contributed by atoms with Gasteiger partial charge in [-0.1, -0.05) is 12.5 Å². The minimum Gasteiger partial charge on any atom is -0.396 e. The number of hydrogen-bond donors (Lipinski definition) is 2. The molecule has 4 fully saturated rings. The zero-order chi connectivity index (χ0) is 20.4. The number of nitrogens with zero attached hydrogens (tertiary/aromatic N) is 1. The Labute approximate surface area is 164 Å². The summed E-state index contributed by atoms with van der Waals surface area (Å²) in [6.07, 6.45) is 2.05. The van der Waals surface area contributed by atoms with Crippen molar-refractivity contribution < 1.29 is 23.4 Å². The summed E-state index contributed by atoms with van der Waals surface area (Å²) >= 11 is 0. The van der Waals surface area contributed by atoms with Crippen LogP contribution in [0.5, 0.6) is 0 Å². The van der Waals surface area contributed by atoms with Crippen LogP contribution in [0.25, 0.3) is 0 Å². The molecule has 0 aromatic rings. The smallest absolute Gasteiger partial charge is 0.396 e. The lowest BCUT2D eigenvalue weighted by atomic mass is 9.43. The molecular formula is C22H30F3NO2. The Balaban J connectivity index is 1.63. The fraction of sp³-hybridized carbons (Fsp3) is 0.864. The summed E-state index contributed by atoms with van der Waals surface area (Å²) in [5.41, 5.74) is -1.86. The zero-order valence-electron chi connectivity index (χ0n) is 16.4. The van der Waals surface area contributed by atoms with Crippen molar-refractivity contribution in [2.45, 2.75) is 76.5 Å². The molecule has 1 unspecified atom stereocenters.